The Morgan fingerprint density at radius 2 is 1.93 bits per heavy atom. The van der Waals surface area contributed by atoms with Crippen LogP contribution in [0, 0.1) is 16.7 Å². The molecule has 28 heavy (non-hydrogen) atoms. The molecule has 144 valence electrons. The molecular weight excluding hydrogens is 382 g/mol. The van der Waals surface area contributed by atoms with E-state index in [2.05, 4.69) is 0 Å². The number of carbonyl (C=O) groups is 1. The Morgan fingerprint density at radius 1 is 1.21 bits per heavy atom. The number of hydrogen-bond donors (Lipinski definition) is 0. The summed E-state index contributed by atoms with van der Waals surface area (Å²) in [6.07, 6.45) is 0. The molecule has 1 aliphatic carbocycles. The summed E-state index contributed by atoms with van der Waals surface area (Å²) in [6.45, 7) is 1.73. The standard InChI is InChI=1S/C20H17NO6S/c1-2-25-19(22)20(11-21)17(13-8-9-15-16(10-13)27-12-26-15)18(20)28(23,24)14-6-4-3-5-7-14/h3-10,17-18H,2,12H2,1H3/t17-,18+,20-/m1/s1. The predicted octanol–water partition coefficient (Wildman–Crippen LogP) is 2.43. The van der Waals surface area contributed by atoms with Crippen LogP contribution in [-0.4, -0.2) is 33.0 Å². The summed E-state index contributed by atoms with van der Waals surface area (Å²) in [5, 5.41) is 8.64. The van der Waals surface area contributed by atoms with Gasteiger partial charge in [-0.15, -0.1) is 0 Å². The Balaban J connectivity index is 1.83. The van der Waals surface area contributed by atoms with E-state index in [4.69, 9.17) is 14.2 Å². The highest BCUT2D eigenvalue weighted by molar-refractivity contribution is 7.92. The lowest BCUT2D eigenvalue weighted by atomic mass is 10.0. The number of nitrogens with zero attached hydrogens (tertiary/aromatic N) is 1. The third-order valence-electron chi connectivity index (χ3n) is 5.09. The van der Waals surface area contributed by atoms with E-state index in [1.54, 1.807) is 43.3 Å². The Labute approximate surface area is 162 Å². The molecule has 2 aliphatic rings. The topological polar surface area (TPSA) is 103 Å². The van der Waals surface area contributed by atoms with Crippen molar-refractivity contribution in [3.8, 4) is 17.6 Å². The van der Waals surface area contributed by atoms with Gasteiger partial charge in [0.15, 0.2) is 26.8 Å². The number of carbonyl (C=O) groups excluding carboxylic acids is 1. The van der Waals surface area contributed by atoms with Crippen molar-refractivity contribution in [3.05, 3.63) is 54.1 Å². The zero-order valence-corrected chi connectivity index (χ0v) is 15.8. The fourth-order valence-corrected chi connectivity index (χ4v) is 6.02. The van der Waals surface area contributed by atoms with E-state index in [0.717, 1.165) is 0 Å². The van der Waals surface area contributed by atoms with Gasteiger partial charge in [-0.25, -0.2) is 8.42 Å². The molecule has 0 radical (unpaired) electrons. The highest BCUT2D eigenvalue weighted by Gasteiger charge is 2.77. The number of rotatable bonds is 5. The van der Waals surface area contributed by atoms with Gasteiger partial charge in [0.1, 0.15) is 5.25 Å². The SMILES string of the molecule is CCOC(=O)[C@]1(C#N)[C@H](c2ccc3c(c2)OCO3)[C@@H]1S(=O)(=O)c1ccccc1. The number of nitriles is 1. The summed E-state index contributed by atoms with van der Waals surface area (Å²) in [7, 11) is -3.96. The summed E-state index contributed by atoms with van der Waals surface area (Å²) in [5.41, 5.74) is -1.29. The van der Waals surface area contributed by atoms with Gasteiger partial charge in [-0.05, 0) is 36.8 Å². The maximum Gasteiger partial charge on any atom is 0.328 e. The highest BCUT2D eigenvalue weighted by atomic mass is 32.2. The molecule has 2 aromatic rings. The fourth-order valence-electron chi connectivity index (χ4n) is 3.75. The first kappa shape index (κ1) is 18.3. The van der Waals surface area contributed by atoms with Crippen molar-refractivity contribution < 1.29 is 27.4 Å². The van der Waals surface area contributed by atoms with Crippen molar-refractivity contribution in [1.82, 2.24) is 0 Å². The van der Waals surface area contributed by atoms with Crippen LogP contribution in [0.3, 0.4) is 0 Å². The third kappa shape index (κ3) is 2.54. The summed E-state index contributed by atoms with van der Waals surface area (Å²) >= 11 is 0. The van der Waals surface area contributed by atoms with Crippen molar-refractivity contribution in [3.63, 3.8) is 0 Å². The quantitative estimate of drug-likeness (QED) is 0.712. The second-order valence-corrected chi connectivity index (χ2v) is 8.64. The minimum atomic E-state index is -3.96. The Kier molecular flexibility index (Phi) is 4.27. The smallest absolute Gasteiger partial charge is 0.328 e. The minimum absolute atomic E-state index is 0.0498. The molecule has 0 N–H and O–H groups in total. The van der Waals surface area contributed by atoms with E-state index >= 15 is 0 Å². The van der Waals surface area contributed by atoms with Crippen LogP contribution in [0.25, 0.3) is 0 Å². The molecule has 1 heterocycles. The molecule has 7 nitrogen and oxygen atoms in total. The van der Waals surface area contributed by atoms with E-state index in [1.807, 2.05) is 6.07 Å². The monoisotopic (exact) mass is 399 g/mol. The van der Waals surface area contributed by atoms with Crippen molar-refractivity contribution in [2.45, 2.75) is 23.0 Å². The number of esters is 1. The zero-order chi connectivity index (χ0) is 19.9. The van der Waals surface area contributed by atoms with Crippen LogP contribution >= 0.6 is 0 Å². The van der Waals surface area contributed by atoms with Gasteiger partial charge in [0.2, 0.25) is 6.79 Å². The first-order valence-electron chi connectivity index (χ1n) is 8.73. The van der Waals surface area contributed by atoms with Crippen LogP contribution in [0.5, 0.6) is 11.5 Å². The van der Waals surface area contributed by atoms with Gasteiger partial charge in [0.05, 0.1) is 17.6 Å². The normalized spacial score (nSPS) is 25.0. The minimum Gasteiger partial charge on any atom is -0.465 e. The van der Waals surface area contributed by atoms with Gasteiger partial charge < -0.3 is 14.2 Å². The molecule has 2 aromatic carbocycles. The lowest BCUT2D eigenvalue weighted by molar-refractivity contribution is -0.147. The van der Waals surface area contributed by atoms with Gasteiger partial charge >= 0.3 is 5.97 Å². The van der Waals surface area contributed by atoms with Gasteiger partial charge in [0, 0.05) is 5.92 Å². The Hall–Kier alpha value is -3.05. The summed E-state index contributed by atoms with van der Waals surface area (Å²) in [4.78, 5) is 12.8. The maximum absolute atomic E-state index is 13.3. The van der Waals surface area contributed by atoms with E-state index in [9.17, 15) is 18.5 Å². The molecular formula is C20H17NO6S. The molecule has 4 rings (SSSR count). The van der Waals surface area contributed by atoms with Crippen LogP contribution in [-0.2, 0) is 19.4 Å². The maximum atomic E-state index is 13.3. The van der Waals surface area contributed by atoms with Crippen molar-refractivity contribution in [1.29, 1.82) is 5.26 Å². The highest BCUT2D eigenvalue weighted by Crippen LogP contribution is 2.65. The number of hydrogen-bond acceptors (Lipinski definition) is 7. The number of ether oxygens (including phenoxy) is 3. The molecule has 8 heteroatoms. The molecule has 0 spiro atoms. The lowest BCUT2D eigenvalue weighted by Gasteiger charge is -2.09. The van der Waals surface area contributed by atoms with Crippen LogP contribution in [0.15, 0.2) is 53.4 Å². The second kappa shape index (κ2) is 6.53. The van der Waals surface area contributed by atoms with Crippen LogP contribution in [0.2, 0.25) is 0 Å². The van der Waals surface area contributed by atoms with Crippen molar-refractivity contribution in [2.24, 2.45) is 5.41 Å². The van der Waals surface area contributed by atoms with Gasteiger partial charge in [-0.2, -0.15) is 5.26 Å². The fraction of sp³-hybridized carbons (Fsp3) is 0.300. The molecule has 0 bridgehead atoms. The van der Waals surface area contributed by atoms with Crippen LogP contribution < -0.4 is 9.47 Å². The summed E-state index contributed by atoms with van der Waals surface area (Å²) in [5.74, 6) is -0.706. The molecule has 0 unspecified atom stereocenters. The van der Waals surface area contributed by atoms with Gasteiger partial charge in [0.25, 0.3) is 0 Å². The summed E-state index contributed by atoms with van der Waals surface area (Å²) < 4.78 is 42.3. The van der Waals surface area contributed by atoms with E-state index in [1.165, 1.54) is 12.1 Å². The third-order valence-corrected chi connectivity index (χ3v) is 7.33. The Morgan fingerprint density at radius 3 is 2.61 bits per heavy atom. The molecule has 0 saturated heterocycles. The van der Waals surface area contributed by atoms with Crippen LogP contribution in [0.4, 0.5) is 0 Å². The molecule has 1 saturated carbocycles. The number of fused-ring (bicyclic) bond motifs is 1. The van der Waals surface area contributed by atoms with Crippen molar-refractivity contribution >= 4 is 15.8 Å². The summed E-state index contributed by atoms with van der Waals surface area (Å²) in [6, 6.07) is 14.7. The van der Waals surface area contributed by atoms with Gasteiger partial charge in [-0.1, -0.05) is 24.3 Å². The molecule has 0 amide bonds. The molecule has 0 aromatic heterocycles. The number of benzene rings is 2. The first-order chi connectivity index (χ1) is 13.5. The average molecular weight is 399 g/mol. The lowest BCUT2D eigenvalue weighted by Crippen LogP contribution is -2.25. The van der Waals surface area contributed by atoms with Crippen molar-refractivity contribution in [2.75, 3.05) is 13.4 Å². The van der Waals surface area contributed by atoms with E-state index in [0.29, 0.717) is 17.1 Å². The van der Waals surface area contributed by atoms with E-state index < -0.39 is 32.4 Å². The first-order valence-corrected chi connectivity index (χ1v) is 10.3. The predicted molar refractivity (Wildman–Crippen MR) is 97.4 cm³/mol. The molecule has 3 atom stereocenters. The van der Waals surface area contributed by atoms with Gasteiger partial charge in [-0.3, -0.25) is 4.79 Å². The largest absolute Gasteiger partial charge is 0.465 e. The van der Waals surface area contributed by atoms with Crippen LogP contribution in [0.1, 0.15) is 18.4 Å². The van der Waals surface area contributed by atoms with E-state index in [-0.39, 0.29) is 18.3 Å². The number of sulfone groups is 1. The average Bonchev–Trinajstić information content (AvgIpc) is 3.21. The molecule has 1 aliphatic heterocycles. The Bertz CT molecular complexity index is 1080. The molecule has 1 fully saturated rings. The zero-order valence-electron chi connectivity index (χ0n) is 15.0. The second-order valence-electron chi connectivity index (χ2n) is 6.57.